The fraction of sp³-hybridized carbons (Fsp3) is 0.671. The van der Waals surface area contributed by atoms with E-state index in [1.54, 1.807) is 41.2 Å². The highest BCUT2D eigenvalue weighted by molar-refractivity contribution is 7.98. The SMILES string of the molecule is CCCCCCCCCCCCCCCCCC(=O)NCCOCc1cn(CCCCC(=O)N[C@@H](C)C(=O)N[C@@H](Cc2ccc(O)cc2)C(=O)N[C@@H](CO)C(=O)N[C@@H](CO)C(=O)NCC(=O)N[C@@H](C)C(=O)N2CCC[C@H]2C(=O)N2CCC[C@H]2C(=O)N[C@@H](CCSC)C(=O)N2CCC[C@H]2C(=O)N2CCC[C@H]2C(=O)N[C@@H](Cc2ccccc2)C(=O)O)nn1. The number of carbonyl (C=O) groups excluding carboxylic acids is 13. The third-order valence-electron chi connectivity index (χ3n) is 22.5. The number of ether oxygens (including phenoxy) is 1. The largest absolute Gasteiger partial charge is 0.508 e. The number of hydrogen-bond donors (Lipinski definition) is 13. The first-order valence-corrected chi connectivity index (χ1v) is 44.8. The lowest BCUT2D eigenvalue weighted by molar-refractivity contribution is -0.149. The molecule has 35 nitrogen and oxygen atoms in total. The van der Waals surface area contributed by atoms with Crippen molar-refractivity contribution in [2.75, 3.05) is 71.1 Å². The van der Waals surface area contributed by atoms with Gasteiger partial charge in [-0.05, 0) is 126 Å². The molecule has 7 rings (SSSR count). The van der Waals surface area contributed by atoms with Gasteiger partial charge in [0.15, 0.2) is 0 Å². The second-order valence-electron chi connectivity index (χ2n) is 31.9. The van der Waals surface area contributed by atoms with Gasteiger partial charge in [0.2, 0.25) is 76.8 Å². The molecule has 11 atom stereocenters. The number of aryl methyl sites for hydroxylation is 1. The number of carboxylic acid groups (broad SMARTS) is 1. The lowest BCUT2D eigenvalue weighted by Crippen LogP contribution is -2.60. The average Bonchev–Trinajstić information content (AvgIpc) is 1.66. The van der Waals surface area contributed by atoms with E-state index in [1.165, 1.54) is 147 Å². The number of phenolic OH excluding ortho intramolecular Hbond substituents is 1. The Balaban J connectivity index is 0.799. The van der Waals surface area contributed by atoms with Gasteiger partial charge in [0, 0.05) is 65.0 Å². The van der Waals surface area contributed by atoms with E-state index in [0.29, 0.717) is 100 Å². The highest BCUT2D eigenvalue weighted by atomic mass is 32.2. The van der Waals surface area contributed by atoms with Crippen molar-refractivity contribution in [2.24, 2.45) is 0 Å². The zero-order valence-corrected chi connectivity index (χ0v) is 71.6. The second-order valence-corrected chi connectivity index (χ2v) is 32.9. The summed E-state index contributed by atoms with van der Waals surface area (Å²) in [5.74, 6) is -9.57. The first-order valence-electron chi connectivity index (χ1n) is 43.4. The number of aromatic hydroxyl groups is 1. The molecule has 0 bridgehead atoms. The van der Waals surface area contributed by atoms with Gasteiger partial charge in [0.05, 0.1) is 39.2 Å². The first kappa shape index (κ1) is 98.3. The molecular formula is C85H130N16O19S. The van der Waals surface area contributed by atoms with Crippen LogP contribution in [-0.4, -0.2) is 275 Å². The van der Waals surface area contributed by atoms with Gasteiger partial charge in [-0.25, -0.2) is 4.79 Å². The molecular weight excluding hydrogens is 1580 g/mol. The number of phenols is 1. The Morgan fingerprint density at radius 3 is 1.54 bits per heavy atom. The second kappa shape index (κ2) is 53.2. The fourth-order valence-corrected chi connectivity index (χ4v) is 16.2. The van der Waals surface area contributed by atoms with Crippen molar-refractivity contribution in [2.45, 2.75) is 293 Å². The summed E-state index contributed by atoms with van der Waals surface area (Å²) in [6.45, 7) is 4.20. The molecule has 0 radical (unpaired) electrons. The van der Waals surface area contributed by atoms with Crippen LogP contribution in [0.4, 0.5) is 0 Å². The van der Waals surface area contributed by atoms with Crippen LogP contribution in [-0.2, 0) is 97.9 Å². The van der Waals surface area contributed by atoms with Crippen LogP contribution in [0.5, 0.6) is 5.75 Å². The van der Waals surface area contributed by atoms with Crippen molar-refractivity contribution in [3.05, 3.63) is 77.6 Å². The number of carbonyl (C=O) groups is 14. The van der Waals surface area contributed by atoms with Crippen LogP contribution in [0.1, 0.15) is 217 Å². The molecule has 0 spiro atoms. The molecule has 3 aromatic rings. The maximum absolute atomic E-state index is 14.6. The number of aliphatic hydroxyl groups excluding tert-OH is 2. The number of nitrogens with zero attached hydrogens (tertiary/aromatic N) is 7. The fourth-order valence-electron chi connectivity index (χ4n) is 15.7. The number of aliphatic carboxylic acids is 1. The molecule has 121 heavy (non-hydrogen) atoms. The van der Waals surface area contributed by atoms with E-state index in [9.17, 15) is 87.5 Å². The van der Waals surface area contributed by atoms with Gasteiger partial charge in [-0.3, -0.25) is 67.0 Å². The van der Waals surface area contributed by atoms with Crippen LogP contribution in [0.3, 0.4) is 0 Å². The summed E-state index contributed by atoms with van der Waals surface area (Å²) in [5, 5.41) is 71.8. The zero-order chi connectivity index (χ0) is 87.6. The number of amides is 13. The van der Waals surface area contributed by atoms with E-state index in [2.05, 4.69) is 65.1 Å². The summed E-state index contributed by atoms with van der Waals surface area (Å²) in [7, 11) is 0. The minimum absolute atomic E-state index is 0.0106. The number of aromatic nitrogens is 3. The van der Waals surface area contributed by atoms with Crippen LogP contribution in [0.25, 0.3) is 0 Å². The molecule has 2 aromatic carbocycles. The third kappa shape index (κ3) is 32.8. The Bertz CT molecular complexity index is 3840. The number of nitrogens with one attached hydrogen (secondary N) is 9. The Labute approximate surface area is 713 Å². The molecule has 0 saturated carbocycles. The highest BCUT2D eigenvalue weighted by Crippen LogP contribution is 2.30. The molecule has 4 fully saturated rings. The van der Waals surface area contributed by atoms with E-state index in [-0.39, 0.29) is 83.0 Å². The van der Waals surface area contributed by atoms with Crippen molar-refractivity contribution in [3.8, 4) is 5.75 Å². The molecule has 670 valence electrons. The summed E-state index contributed by atoms with van der Waals surface area (Å²) in [5.41, 5.74) is 1.75. The van der Waals surface area contributed by atoms with E-state index in [4.69, 9.17) is 4.74 Å². The Kier molecular flexibility index (Phi) is 43.2. The van der Waals surface area contributed by atoms with Gasteiger partial charge in [-0.1, -0.05) is 144 Å². The van der Waals surface area contributed by atoms with Gasteiger partial charge in [-0.15, -0.1) is 5.10 Å². The van der Waals surface area contributed by atoms with Gasteiger partial charge in [-0.2, -0.15) is 11.8 Å². The van der Waals surface area contributed by atoms with Crippen molar-refractivity contribution in [1.82, 2.24) is 82.4 Å². The highest BCUT2D eigenvalue weighted by Gasteiger charge is 2.47. The van der Waals surface area contributed by atoms with E-state index in [0.717, 1.165) is 19.3 Å². The average molecular weight is 1710 g/mol. The summed E-state index contributed by atoms with van der Waals surface area (Å²) < 4.78 is 7.33. The summed E-state index contributed by atoms with van der Waals surface area (Å²) >= 11 is 1.44. The quantitative estimate of drug-likeness (QED) is 0.0361. The Hall–Kier alpha value is -9.81. The number of rotatable bonds is 55. The Morgan fingerprint density at radius 1 is 0.496 bits per heavy atom. The van der Waals surface area contributed by atoms with Crippen LogP contribution in [0.15, 0.2) is 60.8 Å². The molecule has 36 heteroatoms. The maximum atomic E-state index is 14.6. The number of likely N-dealkylation sites (tertiary alicyclic amines) is 4. The predicted molar refractivity (Wildman–Crippen MR) is 450 cm³/mol. The normalized spacial score (nSPS) is 18.1. The van der Waals surface area contributed by atoms with Crippen LogP contribution >= 0.6 is 11.8 Å². The maximum Gasteiger partial charge on any atom is 0.326 e. The van der Waals surface area contributed by atoms with E-state index >= 15 is 0 Å². The van der Waals surface area contributed by atoms with Gasteiger partial charge in [0.1, 0.15) is 77.9 Å². The van der Waals surface area contributed by atoms with Gasteiger partial charge < -0.3 is 92.6 Å². The van der Waals surface area contributed by atoms with Gasteiger partial charge in [0.25, 0.3) is 0 Å². The number of hydrogen-bond acceptors (Lipinski definition) is 21. The lowest BCUT2D eigenvalue weighted by atomic mass is 10.0. The molecule has 5 heterocycles. The van der Waals surface area contributed by atoms with E-state index in [1.807, 2.05) is 6.26 Å². The topological polar surface area (TPSA) is 481 Å². The monoisotopic (exact) mass is 1710 g/mol. The van der Waals surface area contributed by atoms with Crippen molar-refractivity contribution >= 4 is 94.5 Å². The minimum Gasteiger partial charge on any atom is -0.508 e. The molecule has 4 aliphatic rings. The zero-order valence-electron chi connectivity index (χ0n) is 70.8. The lowest BCUT2D eigenvalue weighted by Gasteiger charge is -2.34. The summed E-state index contributed by atoms with van der Waals surface area (Å²) in [6.07, 6.45) is 26.9. The van der Waals surface area contributed by atoms with Crippen LogP contribution in [0.2, 0.25) is 0 Å². The molecule has 13 amide bonds. The van der Waals surface area contributed by atoms with Crippen molar-refractivity contribution < 1.29 is 92.3 Å². The number of unbranched alkanes of at least 4 members (excludes halogenated alkanes) is 15. The number of thioether (sulfide) groups is 1. The van der Waals surface area contributed by atoms with Crippen LogP contribution < -0.4 is 47.9 Å². The summed E-state index contributed by atoms with van der Waals surface area (Å²) in [6, 6.07) is 0.764. The van der Waals surface area contributed by atoms with Crippen LogP contribution in [0, 0.1) is 0 Å². The number of carboxylic acids is 1. The third-order valence-corrected chi connectivity index (χ3v) is 23.1. The molecule has 0 aliphatic carbocycles. The standard InChI is InChI=1S/C85H130N16O19S/c1-5-6-7-8-9-10-11-12-13-14-15-16-17-18-22-35-72(105)86-42-48-120-56-61-53-97(96-95-61)43-24-23-36-73(106)88-57(2)75(108)91-64(50-60-37-39-62(104)40-38-60)77(110)94-67(55-103)78(111)93-66(54-102)76(109)87-52-74(107)89-58(3)81(114)100-46-27-33-70(100)83(116)98-44-25-31-68(98)79(112)90-63(41-49-121-4)82(115)101-47-28-34-71(101)84(117)99-45-26-32-69(99)80(113)92-65(85(118)119)51-59-29-20-19-21-30-59/h19-21,29-30,37-40,53,57-58,63-71,102-104H,5-18,22-28,31-36,41-52,54-56H2,1-4H3,(H,86,105)(H,87,109)(H,88,106)(H,89,107)(H,90,112)(H,91,108)(H,92,113)(H,93,111)(H,94,110)(H,118,119)/t57-,58-,63-,64-,65-,66-,67-,68-,69-,70-,71-/m0/s1. The number of benzene rings is 2. The van der Waals surface area contributed by atoms with Crippen molar-refractivity contribution in [3.63, 3.8) is 0 Å². The minimum atomic E-state index is -1.78. The smallest absolute Gasteiger partial charge is 0.326 e. The van der Waals surface area contributed by atoms with Crippen molar-refractivity contribution in [1.29, 1.82) is 0 Å². The molecule has 1 aromatic heterocycles. The molecule has 0 unspecified atom stereocenters. The number of aliphatic hydroxyl groups is 2. The molecule has 13 N–H and O–H groups in total. The predicted octanol–water partition coefficient (Wildman–Crippen LogP) is 2.87. The first-order chi connectivity index (χ1) is 58.3. The van der Waals surface area contributed by atoms with Gasteiger partial charge >= 0.3 is 5.97 Å². The molecule has 4 saturated heterocycles. The van der Waals surface area contributed by atoms with E-state index < -0.39 is 163 Å². The molecule has 4 aliphatic heterocycles. The Morgan fingerprint density at radius 2 is 0.975 bits per heavy atom. The summed E-state index contributed by atoms with van der Waals surface area (Å²) in [4.78, 5) is 197.